The third kappa shape index (κ3) is 4.38. The number of anilines is 1. The molecule has 3 N–H and O–H groups in total. The quantitative estimate of drug-likeness (QED) is 0.449. The van der Waals surface area contributed by atoms with Crippen molar-refractivity contribution >= 4 is 11.4 Å². The maximum absolute atomic E-state index is 11.0. The molecule has 1 fully saturated rings. The lowest BCUT2D eigenvalue weighted by Gasteiger charge is -2.21. The van der Waals surface area contributed by atoms with Crippen molar-refractivity contribution in [2.24, 2.45) is 5.84 Å². The molecule has 0 aliphatic carbocycles. The van der Waals surface area contributed by atoms with Crippen LogP contribution in [0.1, 0.15) is 18.4 Å². The first kappa shape index (κ1) is 15.7. The molecule has 0 spiro atoms. The van der Waals surface area contributed by atoms with E-state index in [1.54, 1.807) is 12.1 Å². The number of likely N-dealkylation sites (N-methyl/N-ethyl adjacent to an activating group) is 1. The zero-order valence-electron chi connectivity index (χ0n) is 12.4. The average molecular weight is 293 g/mol. The van der Waals surface area contributed by atoms with E-state index in [9.17, 15) is 10.1 Å². The van der Waals surface area contributed by atoms with Crippen molar-refractivity contribution in [1.29, 1.82) is 0 Å². The molecule has 0 aromatic heterocycles. The van der Waals surface area contributed by atoms with Crippen molar-refractivity contribution in [3.8, 4) is 0 Å². The molecule has 7 nitrogen and oxygen atoms in total. The van der Waals surface area contributed by atoms with Crippen LogP contribution in [0.3, 0.4) is 0 Å². The zero-order valence-corrected chi connectivity index (χ0v) is 12.4. The number of benzene rings is 1. The van der Waals surface area contributed by atoms with Gasteiger partial charge >= 0.3 is 0 Å². The molecule has 0 radical (unpaired) electrons. The Labute approximate surface area is 124 Å². The maximum Gasteiger partial charge on any atom is 0.293 e. The SMILES string of the molecule is CN(CCN1CCCC1)Cc1ccc(NN)c([N+](=O)[O-])c1. The fourth-order valence-electron chi connectivity index (χ4n) is 2.66. The van der Waals surface area contributed by atoms with E-state index in [4.69, 9.17) is 5.84 Å². The van der Waals surface area contributed by atoms with Gasteiger partial charge in [0.25, 0.3) is 5.69 Å². The van der Waals surface area contributed by atoms with Gasteiger partial charge in [0.15, 0.2) is 0 Å². The fourth-order valence-corrected chi connectivity index (χ4v) is 2.66. The van der Waals surface area contributed by atoms with E-state index in [0.717, 1.165) is 18.7 Å². The zero-order chi connectivity index (χ0) is 15.2. The van der Waals surface area contributed by atoms with Gasteiger partial charge in [0, 0.05) is 25.7 Å². The molecule has 0 unspecified atom stereocenters. The Bertz CT molecular complexity index is 488. The van der Waals surface area contributed by atoms with Gasteiger partial charge in [-0.25, -0.2) is 0 Å². The minimum Gasteiger partial charge on any atom is -0.318 e. The van der Waals surface area contributed by atoms with Gasteiger partial charge in [0.1, 0.15) is 5.69 Å². The van der Waals surface area contributed by atoms with Gasteiger partial charge in [-0.3, -0.25) is 16.0 Å². The summed E-state index contributed by atoms with van der Waals surface area (Å²) >= 11 is 0. The molecule has 1 aliphatic rings. The molecule has 0 bridgehead atoms. The van der Waals surface area contributed by atoms with Gasteiger partial charge in [-0.15, -0.1) is 0 Å². The van der Waals surface area contributed by atoms with E-state index in [0.29, 0.717) is 12.2 Å². The first-order chi connectivity index (χ1) is 10.1. The number of nitrogens with one attached hydrogen (secondary N) is 1. The molecule has 1 heterocycles. The smallest absolute Gasteiger partial charge is 0.293 e. The maximum atomic E-state index is 11.0. The van der Waals surface area contributed by atoms with Crippen molar-refractivity contribution < 1.29 is 4.92 Å². The number of nitro benzene ring substituents is 1. The highest BCUT2D eigenvalue weighted by Gasteiger charge is 2.15. The lowest BCUT2D eigenvalue weighted by Crippen LogP contribution is -2.31. The summed E-state index contributed by atoms with van der Waals surface area (Å²) in [5.74, 6) is 5.29. The number of nitrogen functional groups attached to an aromatic ring is 1. The van der Waals surface area contributed by atoms with Crippen LogP contribution in [-0.2, 0) is 6.54 Å². The van der Waals surface area contributed by atoms with E-state index in [-0.39, 0.29) is 5.69 Å². The number of hydrazine groups is 1. The number of hydrogen-bond acceptors (Lipinski definition) is 6. The van der Waals surface area contributed by atoms with Crippen LogP contribution < -0.4 is 11.3 Å². The van der Waals surface area contributed by atoms with Crippen molar-refractivity contribution in [2.45, 2.75) is 19.4 Å². The van der Waals surface area contributed by atoms with Gasteiger partial charge in [0.2, 0.25) is 0 Å². The van der Waals surface area contributed by atoms with Gasteiger partial charge < -0.3 is 15.2 Å². The normalized spacial score (nSPS) is 15.6. The van der Waals surface area contributed by atoms with E-state index < -0.39 is 4.92 Å². The second-order valence-corrected chi connectivity index (χ2v) is 5.54. The van der Waals surface area contributed by atoms with Gasteiger partial charge in [-0.2, -0.15) is 0 Å². The molecule has 0 saturated carbocycles. The number of rotatable bonds is 7. The van der Waals surface area contributed by atoms with Crippen molar-refractivity contribution in [3.05, 3.63) is 33.9 Å². The highest BCUT2D eigenvalue weighted by molar-refractivity contribution is 5.61. The Hall–Kier alpha value is -1.70. The number of nitrogens with two attached hydrogens (primary N) is 1. The largest absolute Gasteiger partial charge is 0.318 e. The third-order valence-corrected chi connectivity index (χ3v) is 3.86. The van der Waals surface area contributed by atoms with E-state index in [1.165, 1.54) is 25.9 Å². The van der Waals surface area contributed by atoms with Crippen molar-refractivity contribution in [2.75, 3.05) is 38.7 Å². The van der Waals surface area contributed by atoms with Crippen molar-refractivity contribution in [3.63, 3.8) is 0 Å². The molecule has 7 heteroatoms. The lowest BCUT2D eigenvalue weighted by atomic mass is 10.1. The van der Waals surface area contributed by atoms with Crippen LogP contribution in [0, 0.1) is 10.1 Å². The topological polar surface area (TPSA) is 87.7 Å². The summed E-state index contributed by atoms with van der Waals surface area (Å²) in [6, 6.07) is 5.11. The number of nitro groups is 1. The Balaban J connectivity index is 1.92. The second kappa shape index (κ2) is 7.35. The fraction of sp³-hybridized carbons (Fsp3) is 0.571. The average Bonchev–Trinajstić information content (AvgIpc) is 2.98. The van der Waals surface area contributed by atoms with Gasteiger partial charge in [0.05, 0.1) is 4.92 Å². The van der Waals surface area contributed by atoms with Crippen LogP contribution in [0.25, 0.3) is 0 Å². The molecule has 1 saturated heterocycles. The van der Waals surface area contributed by atoms with E-state index in [1.807, 2.05) is 13.1 Å². The van der Waals surface area contributed by atoms with E-state index in [2.05, 4.69) is 15.2 Å². The van der Waals surface area contributed by atoms with Crippen LogP contribution in [0.4, 0.5) is 11.4 Å². The van der Waals surface area contributed by atoms with Gasteiger partial charge in [-0.05, 0) is 44.6 Å². The summed E-state index contributed by atoms with van der Waals surface area (Å²) in [6.07, 6.45) is 2.59. The van der Waals surface area contributed by atoms with Crippen LogP contribution in [0.5, 0.6) is 0 Å². The Morgan fingerprint density at radius 2 is 2.14 bits per heavy atom. The molecule has 1 aromatic rings. The summed E-state index contributed by atoms with van der Waals surface area (Å²) in [4.78, 5) is 15.2. The summed E-state index contributed by atoms with van der Waals surface area (Å²) in [5.41, 5.74) is 3.63. The molecule has 1 aromatic carbocycles. The highest BCUT2D eigenvalue weighted by Crippen LogP contribution is 2.25. The molecule has 2 rings (SSSR count). The van der Waals surface area contributed by atoms with E-state index >= 15 is 0 Å². The second-order valence-electron chi connectivity index (χ2n) is 5.54. The van der Waals surface area contributed by atoms with Gasteiger partial charge in [-0.1, -0.05) is 6.07 Å². The third-order valence-electron chi connectivity index (χ3n) is 3.86. The summed E-state index contributed by atoms with van der Waals surface area (Å²) in [5, 5.41) is 11.0. The number of hydrogen-bond donors (Lipinski definition) is 2. The number of nitrogens with zero attached hydrogens (tertiary/aromatic N) is 3. The predicted octanol–water partition coefficient (Wildman–Crippen LogP) is 1.41. The lowest BCUT2D eigenvalue weighted by molar-refractivity contribution is -0.384. The molecule has 0 atom stereocenters. The monoisotopic (exact) mass is 293 g/mol. The summed E-state index contributed by atoms with van der Waals surface area (Å²) in [7, 11) is 2.04. The standard InChI is InChI=1S/C14H23N5O2/c1-17(8-9-18-6-2-3-7-18)11-12-4-5-13(16-15)14(10-12)19(20)21/h4-5,10,16H,2-3,6-9,11,15H2,1H3. The number of likely N-dealkylation sites (tertiary alicyclic amines) is 1. The predicted molar refractivity (Wildman–Crippen MR) is 82.9 cm³/mol. The molecular formula is C14H23N5O2. The van der Waals surface area contributed by atoms with Crippen LogP contribution in [0.2, 0.25) is 0 Å². The Morgan fingerprint density at radius 3 is 2.76 bits per heavy atom. The first-order valence-corrected chi connectivity index (χ1v) is 7.25. The molecule has 116 valence electrons. The van der Waals surface area contributed by atoms with Crippen molar-refractivity contribution in [1.82, 2.24) is 9.80 Å². The molecule has 1 aliphatic heterocycles. The highest BCUT2D eigenvalue weighted by atomic mass is 16.6. The van der Waals surface area contributed by atoms with Crippen LogP contribution in [-0.4, -0.2) is 47.9 Å². The summed E-state index contributed by atoms with van der Waals surface area (Å²) in [6.45, 7) is 5.09. The molecule has 0 amide bonds. The molecular weight excluding hydrogens is 270 g/mol. The Morgan fingerprint density at radius 1 is 1.43 bits per heavy atom. The summed E-state index contributed by atoms with van der Waals surface area (Å²) < 4.78 is 0. The Kier molecular flexibility index (Phi) is 5.49. The minimum atomic E-state index is -0.414. The first-order valence-electron chi connectivity index (χ1n) is 7.25. The minimum absolute atomic E-state index is 0.0166. The van der Waals surface area contributed by atoms with Crippen LogP contribution in [0.15, 0.2) is 18.2 Å². The van der Waals surface area contributed by atoms with Crippen LogP contribution >= 0.6 is 0 Å². The molecule has 21 heavy (non-hydrogen) atoms.